The van der Waals surface area contributed by atoms with E-state index in [2.05, 4.69) is 43.3 Å². The zero-order valence-electron chi connectivity index (χ0n) is 19.0. The fraction of sp³-hybridized carbons (Fsp3) is 0.241. The first-order chi connectivity index (χ1) is 15.9. The molecule has 0 saturated carbocycles. The molecule has 4 aromatic rings. The molecule has 33 heavy (non-hydrogen) atoms. The zero-order valence-corrected chi connectivity index (χ0v) is 20.6. The van der Waals surface area contributed by atoms with Crippen molar-refractivity contribution in [3.05, 3.63) is 112 Å². The molecule has 0 radical (unpaired) electrons. The van der Waals surface area contributed by atoms with Crippen LogP contribution in [0.25, 0.3) is 10.9 Å². The Hall–Kier alpha value is -2.62. The summed E-state index contributed by atoms with van der Waals surface area (Å²) in [5.41, 5.74) is 6.39. The van der Waals surface area contributed by atoms with E-state index >= 15 is 0 Å². The molecule has 0 spiro atoms. The number of pyridine rings is 1. The fourth-order valence-electron chi connectivity index (χ4n) is 4.29. The number of fused-ring (bicyclic) bond motifs is 1. The van der Waals surface area contributed by atoms with Crippen LogP contribution in [-0.4, -0.2) is 10.8 Å². The number of rotatable bonds is 8. The number of carbonyl (C=O) groups is 1. The van der Waals surface area contributed by atoms with E-state index in [1.54, 1.807) is 6.92 Å². The number of hydrogen-bond donors (Lipinski definition) is 1. The summed E-state index contributed by atoms with van der Waals surface area (Å²) in [6, 6.07) is 26.6. The highest BCUT2D eigenvalue weighted by atomic mass is 35.5. The third-order valence-corrected chi connectivity index (χ3v) is 6.97. The van der Waals surface area contributed by atoms with Crippen molar-refractivity contribution in [1.82, 2.24) is 4.98 Å². The molecule has 0 bridgehead atoms. The van der Waals surface area contributed by atoms with Gasteiger partial charge in [0.1, 0.15) is 0 Å². The molecule has 0 saturated heterocycles. The van der Waals surface area contributed by atoms with Gasteiger partial charge in [-0.1, -0.05) is 79.2 Å². The Labute approximate surface area is 206 Å². The fourth-order valence-corrected chi connectivity index (χ4v) is 4.75. The molecule has 2 atom stereocenters. The van der Waals surface area contributed by atoms with Crippen molar-refractivity contribution >= 4 is 40.9 Å². The number of hydrogen-bond acceptors (Lipinski definition) is 3. The van der Waals surface area contributed by atoms with Crippen molar-refractivity contribution in [2.75, 3.05) is 0 Å². The molecule has 0 amide bonds. The second-order valence-corrected chi connectivity index (χ2v) is 9.74. The quantitative estimate of drug-likeness (QED) is 0.207. The number of ketones is 1. The first-order valence-corrected chi connectivity index (χ1v) is 12.2. The van der Waals surface area contributed by atoms with Gasteiger partial charge in [-0.15, -0.1) is 0 Å². The van der Waals surface area contributed by atoms with Gasteiger partial charge in [0, 0.05) is 26.9 Å². The van der Waals surface area contributed by atoms with E-state index in [1.807, 2.05) is 42.5 Å². The van der Waals surface area contributed by atoms with Crippen molar-refractivity contribution in [3.63, 3.8) is 0 Å². The van der Waals surface area contributed by atoms with Crippen LogP contribution in [0.15, 0.2) is 78.9 Å². The first kappa shape index (κ1) is 23.5. The van der Waals surface area contributed by atoms with Crippen molar-refractivity contribution in [1.29, 1.82) is 0 Å². The van der Waals surface area contributed by atoms with Crippen LogP contribution in [0.3, 0.4) is 0 Å². The van der Waals surface area contributed by atoms with Crippen molar-refractivity contribution in [2.45, 2.75) is 44.3 Å². The SMILES string of the molecule is CC(=O)c1ccccc1CC[C@@H](S)c1cccc(C(C)Cc2ccc3ccc(Cl)cc3n2)c1. The third-order valence-electron chi connectivity index (χ3n) is 6.18. The number of carbonyl (C=O) groups excluding carboxylic acids is 1. The second-order valence-electron chi connectivity index (χ2n) is 8.68. The summed E-state index contributed by atoms with van der Waals surface area (Å²) >= 11 is 11.0. The van der Waals surface area contributed by atoms with Gasteiger partial charge in [0.25, 0.3) is 0 Å². The summed E-state index contributed by atoms with van der Waals surface area (Å²) in [5.74, 6) is 0.440. The number of nitrogens with zero attached hydrogens (tertiary/aromatic N) is 1. The van der Waals surface area contributed by atoms with Crippen LogP contribution in [-0.2, 0) is 12.8 Å². The molecule has 0 fully saturated rings. The molecule has 1 aromatic heterocycles. The molecule has 0 aliphatic heterocycles. The highest BCUT2D eigenvalue weighted by Crippen LogP contribution is 2.30. The normalized spacial score (nSPS) is 13.1. The van der Waals surface area contributed by atoms with Gasteiger partial charge in [0.15, 0.2) is 5.78 Å². The van der Waals surface area contributed by atoms with Crippen LogP contribution >= 0.6 is 24.2 Å². The molecule has 1 heterocycles. The Morgan fingerprint density at radius 1 is 0.970 bits per heavy atom. The Kier molecular flexibility index (Phi) is 7.52. The van der Waals surface area contributed by atoms with E-state index in [0.29, 0.717) is 10.9 Å². The minimum atomic E-state index is 0.109. The lowest BCUT2D eigenvalue weighted by Gasteiger charge is -2.17. The molecule has 3 aromatic carbocycles. The predicted molar refractivity (Wildman–Crippen MR) is 142 cm³/mol. The maximum absolute atomic E-state index is 11.9. The molecule has 0 N–H and O–H groups in total. The molecule has 2 nitrogen and oxygen atoms in total. The minimum Gasteiger partial charge on any atom is -0.295 e. The smallest absolute Gasteiger partial charge is 0.160 e. The molecular weight excluding hydrogens is 446 g/mol. The molecule has 4 rings (SSSR count). The van der Waals surface area contributed by atoms with Gasteiger partial charge in [-0.2, -0.15) is 12.6 Å². The van der Waals surface area contributed by atoms with Crippen LogP contribution < -0.4 is 0 Å². The first-order valence-electron chi connectivity index (χ1n) is 11.3. The molecule has 168 valence electrons. The summed E-state index contributed by atoms with van der Waals surface area (Å²) < 4.78 is 0. The lowest BCUT2D eigenvalue weighted by molar-refractivity contribution is 0.101. The van der Waals surface area contributed by atoms with Crippen LogP contribution in [0.1, 0.15) is 64.2 Å². The largest absolute Gasteiger partial charge is 0.295 e. The summed E-state index contributed by atoms with van der Waals surface area (Å²) in [6.45, 7) is 3.86. The Balaban J connectivity index is 1.45. The Morgan fingerprint density at radius 3 is 2.55 bits per heavy atom. The van der Waals surface area contributed by atoms with Crippen LogP contribution in [0, 0.1) is 0 Å². The van der Waals surface area contributed by atoms with Crippen LogP contribution in [0.4, 0.5) is 0 Å². The average molecular weight is 474 g/mol. The topological polar surface area (TPSA) is 30.0 Å². The van der Waals surface area contributed by atoms with E-state index in [4.69, 9.17) is 29.2 Å². The van der Waals surface area contributed by atoms with Crippen LogP contribution in [0.2, 0.25) is 5.02 Å². The maximum atomic E-state index is 11.9. The van der Waals surface area contributed by atoms with E-state index in [1.165, 1.54) is 11.1 Å². The van der Waals surface area contributed by atoms with E-state index < -0.39 is 0 Å². The summed E-state index contributed by atoms with van der Waals surface area (Å²) in [5, 5.41) is 1.92. The molecular formula is C29H28ClNOS. The van der Waals surface area contributed by atoms with Crippen molar-refractivity contribution in [2.24, 2.45) is 0 Å². The van der Waals surface area contributed by atoms with Gasteiger partial charge in [0.05, 0.1) is 5.52 Å². The van der Waals surface area contributed by atoms with Gasteiger partial charge < -0.3 is 0 Å². The zero-order chi connectivity index (χ0) is 23.4. The van der Waals surface area contributed by atoms with Gasteiger partial charge in [-0.3, -0.25) is 9.78 Å². The second kappa shape index (κ2) is 10.5. The number of benzene rings is 3. The Morgan fingerprint density at radius 2 is 1.73 bits per heavy atom. The highest BCUT2D eigenvalue weighted by molar-refractivity contribution is 7.80. The van der Waals surface area contributed by atoms with Crippen molar-refractivity contribution in [3.8, 4) is 0 Å². The third kappa shape index (κ3) is 5.85. The van der Waals surface area contributed by atoms with Gasteiger partial charge >= 0.3 is 0 Å². The van der Waals surface area contributed by atoms with E-state index in [9.17, 15) is 4.79 Å². The number of thiol groups is 1. The van der Waals surface area contributed by atoms with Crippen LogP contribution in [0.5, 0.6) is 0 Å². The maximum Gasteiger partial charge on any atom is 0.160 e. The summed E-state index contributed by atoms with van der Waals surface area (Å²) in [4.78, 5) is 16.7. The standard InChI is InChI=1S/C29H28ClNOS/c1-19(16-26-14-11-22-10-13-25(30)18-28(22)31-26)23-7-5-8-24(17-23)29(33)15-12-21-6-3-4-9-27(21)20(2)32/h3-11,13-14,17-19,29,33H,12,15-16H2,1-2H3/t19?,29-/m1/s1. The predicted octanol–water partition coefficient (Wildman–Crippen LogP) is 8.04. The summed E-state index contributed by atoms with van der Waals surface area (Å²) in [7, 11) is 0. The average Bonchev–Trinajstić information content (AvgIpc) is 2.82. The molecule has 1 unspecified atom stereocenters. The lowest BCUT2D eigenvalue weighted by Crippen LogP contribution is -2.03. The molecule has 4 heteroatoms. The van der Waals surface area contributed by atoms with Gasteiger partial charge in [0.2, 0.25) is 0 Å². The lowest BCUT2D eigenvalue weighted by atomic mass is 9.92. The summed E-state index contributed by atoms with van der Waals surface area (Å²) in [6.07, 6.45) is 2.56. The molecule has 0 aliphatic carbocycles. The number of halogens is 1. The number of aryl methyl sites for hydroxylation is 1. The molecule has 0 aliphatic rings. The number of Topliss-reactive ketones (excluding diaryl/α,β-unsaturated/α-hetero) is 1. The number of aromatic nitrogens is 1. The van der Waals surface area contributed by atoms with E-state index in [0.717, 1.165) is 47.0 Å². The van der Waals surface area contributed by atoms with Crippen molar-refractivity contribution < 1.29 is 4.79 Å². The monoisotopic (exact) mass is 473 g/mol. The van der Waals surface area contributed by atoms with Gasteiger partial charge in [-0.05, 0) is 67.0 Å². The Bertz CT molecular complexity index is 1290. The van der Waals surface area contributed by atoms with E-state index in [-0.39, 0.29) is 11.0 Å². The minimum absolute atomic E-state index is 0.109. The highest BCUT2D eigenvalue weighted by Gasteiger charge is 2.14. The van der Waals surface area contributed by atoms with Gasteiger partial charge in [-0.25, -0.2) is 0 Å².